The lowest BCUT2D eigenvalue weighted by molar-refractivity contribution is -0.123. The van der Waals surface area contributed by atoms with Gasteiger partial charge in [0.2, 0.25) is 0 Å². The maximum absolute atomic E-state index is 8.65. The Hall–Kier alpha value is -0.0800. The predicted molar refractivity (Wildman–Crippen MR) is 62.9 cm³/mol. The smallest absolute Gasteiger partial charge is 0.0544 e. The zero-order valence-electron chi connectivity index (χ0n) is 10.1. The summed E-state index contributed by atoms with van der Waals surface area (Å²) in [7, 11) is 0. The van der Waals surface area contributed by atoms with Gasteiger partial charge in [-0.25, -0.2) is 0 Å². The summed E-state index contributed by atoms with van der Waals surface area (Å²) >= 11 is 0. The zero-order valence-corrected chi connectivity index (χ0v) is 10.1. The van der Waals surface area contributed by atoms with Crippen LogP contribution in [-0.4, -0.2) is 24.9 Å². The van der Waals surface area contributed by atoms with Gasteiger partial charge in [0.25, 0.3) is 0 Å². The van der Waals surface area contributed by atoms with E-state index in [0.717, 1.165) is 19.6 Å². The topological polar surface area (TPSA) is 29.5 Å². The first-order valence-electron chi connectivity index (χ1n) is 6.51. The molecule has 0 aliphatic carbocycles. The van der Waals surface area contributed by atoms with Crippen LogP contribution in [-0.2, 0) is 4.74 Å². The van der Waals surface area contributed by atoms with Crippen molar-refractivity contribution in [2.45, 2.75) is 58.3 Å². The first-order valence-corrected chi connectivity index (χ1v) is 6.51. The van der Waals surface area contributed by atoms with Gasteiger partial charge in [0.15, 0.2) is 0 Å². The van der Waals surface area contributed by atoms with Crippen molar-refractivity contribution in [3.8, 4) is 0 Å². The number of unbranched alkanes of at least 4 members (excludes halogenated alkanes) is 4. The molecule has 0 aromatic carbocycles. The SMILES string of the molecule is CCCC1(CCCCCCCO)COC1. The van der Waals surface area contributed by atoms with Gasteiger partial charge in [0.05, 0.1) is 13.2 Å². The Morgan fingerprint density at radius 2 is 1.67 bits per heavy atom. The molecule has 0 aromatic rings. The van der Waals surface area contributed by atoms with Gasteiger partial charge in [0.1, 0.15) is 0 Å². The van der Waals surface area contributed by atoms with E-state index < -0.39 is 0 Å². The minimum Gasteiger partial charge on any atom is -0.396 e. The van der Waals surface area contributed by atoms with E-state index in [9.17, 15) is 0 Å². The van der Waals surface area contributed by atoms with Crippen LogP contribution in [0, 0.1) is 5.41 Å². The van der Waals surface area contributed by atoms with Gasteiger partial charge < -0.3 is 9.84 Å². The molecule has 2 nitrogen and oxygen atoms in total. The van der Waals surface area contributed by atoms with Gasteiger partial charge in [-0.3, -0.25) is 0 Å². The van der Waals surface area contributed by atoms with Crippen LogP contribution < -0.4 is 0 Å². The Morgan fingerprint density at radius 1 is 1.00 bits per heavy atom. The molecule has 1 fully saturated rings. The molecule has 1 heterocycles. The molecule has 90 valence electrons. The Morgan fingerprint density at radius 3 is 2.20 bits per heavy atom. The maximum atomic E-state index is 8.65. The molecule has 1 aliphatic heterocycles. The Bertz CT molecular complexity index is 153. The van der Waals surface area contributed by atoms with Crippen LogP contribution in [0.3, 0.4) is 0 Å². The van der Waals surface area contributed by atoms with Crippen molar-refractivity contribution < 1.29 is 9.84 Å². The summed E-state index contributed by atoms with van der Waals surface area (Å²) in [5.41, 5.74) is 0.547. The number of aliphatic hydroxyl groups is 1. The molecule has 0 radical (unpaired) electrons. The molecule has 0 bridgehead atoms. The van der Waals surface area contributed by atoms with Crippen LogP contribution in [0.5, 0.6) is 0 Å². The van der Waals surface area contributed by atoms with Crippen molar-refractivity contribution in [2.24, 2.45) is 5.41 Å². The Balaban J connectivity index is 1.98. The van der Waals surface area contributed by atoms with Crippen molar-refractivity contribution in [1.29, 1.82) is 0 Å². The largest absolute Gasteiger partial charge is 0.396 e. The molecule has 1 N–H and O–H groups in total. The minimum atomic E-state index is 0.355. The number of hydrogen-bond acceptors (Lipinski definition) is 2. The van der Waals surface area contributed by atoms with Crippen molar-refractivity contribution >= 4 is 0 Å². The van der Waals surface area contributed by atoms with Gasteiger partial charge in [-0.2, -0.15) is 0 Å². The van der Waals surface area contributed by atoms with Crippen LogP contribution in [0.1, 0.15) is 58.3 Å². The lowest BCUT2D eigenvalue weighted by Crippen LogP contribution is -2.42. The highest BCUT2D eigenvalue weighted by Gasteiger charge is 2.36. The Kier molecular flexibility index (Phi) is 6.26. The van der Waals surface area contributed by atoms with Crippen LogP contribution >= 0.6 is 0 Å². The van der Waals surface area contributed by atoms with E-state index in [4.69, 9.17) is 9.84 Å². The van der Waals surface area contributed by atoms with Crippen LogP contribution in [0.25, 0.3) is 0 Å². The van der Waals surface area contributed by atoms with Gasteiger partial charge in [0, 0.05) is 12.0 Å². The Labute approximate surface area is 94.0 Å². The molecule has 0 amide bonds. The van der Waals surface area contributed by atoms with Crippen molar-refractivity contribution in [3.63, 3.8) is 0 Å². The third kappa shape index (κ3) is 4.52. The van der Waals surface area contributed by atoms with E-state index >= 15 is 0 Å². The highest BCUT2D eigenvalue weighted by Crippen LogP contribution is 2.37. The first-order chi connectivity index (χ1) is 7.33. The van der Waals surface area contributed by atoms with Crippen LogP contribution in [0.15, 0.2) is 0 Å². The summed E-state index contributed by atoms with van der Waals surface area (Å²) in [5.74, 6) is 0. The molecular formula is C13H26O2. The molecule has 0 spiro atoms. The fourth-order valence-electron chi connectivity index (χ4n) is 2.48. The predicted octanol–water partition coefficient (Wildman–Crippen LogP) is 3.14. The molecule has 0 saturated carbocycles. The molecule has 15 heavy (non-hydrogen) atoms. The van der Waals surface area contributed by atoms with Gasteiger partial charge in [-0.1, -0.05) is 39.0 Å². The van der Waals surface area contributed by atoms with E-state index in [1.807, 2.05) is 0 Å². The van der Waals surface area contributed by atoms with Crippen molar-refractivity contribution in [2.75, 3.05) is 19.8 Å². The van der Waals surface area contributed by atoms with Gasteiger partial charge in [-0.05, 0) is 19.3 Å². The van der Waals surface area contributed by atoms with Crippen molar-refractivity contribution in [3.05, 3.63) is 0 Å². The average molecular weight is 214 g/mol. The number of rotatable bonds is 9. The summed E-state index contributed by atoms with van der Waals surface area (Å²) in [6.07, 6.45) is 10.1. The lowest BCUT2D eigenvalue weighted by atomic mass is 9.77. The summed E-state index contributed by atoms with van der Waals surface area (Å²) in [5, 5.41) is 8.65. The monoisotopic (exact) mass is 214 g/mol. The molecule has 0 aromatic heterocycles. The molecule has 0 atom stereocenters. The maximum Gasteiger partial charge on any atom is 0.0544 e. The van der Waals surface area contributed by atoms with Gasteiger partial charge in [-0.15, -0.1) is 0 Å². The highest BCUT2D eigenvalue weighted by molar-refractivity contribution is 4.84. The van der Waals surface area contributed by atoms with Gasteiger partial charge >= 0.3 is 0 Å². The van der Waals surface area contributed by atoms with E-state index in [-0.39, 0.29) is 0 Å². The van der Waals surface area contributed by atoms with Crippen molar-refractivity contribution in [1.82, 2.24) is 0 Å². The van der Waals surface area contributed by atoms with E-state index in [1.165, 1.54) is 44.9 Å². The molecule has 1 saturated heterocycles. The van der Waals surface area contributed by atoms with E-state index in [2.05, 4.69) is 6.92 Å². The molecule has 2 heteroatoms. The molecule has 0 unspecified atom stereocenters. The quantitative estimate of drug-likeness (QED) is 0.597. The number of aliphatic hydroxyl groups excluding tert-OH is 1. The number of ether oxygens (including phenoxy) is 1. The van der Waals surface area contributed by atoms with Crippen LogP contribution in [0.2, 0.25) is 0 Å². The average Bonchev–Trinajstić information content (AvgIpc) is 2.19. The molecular weight excluding hydrogens is 188 g/mol. The van der Waals surface area contributed by atoms with Crippen LogP contribution in [0.4, 0.5) is 0 Å². The third-order valence-electron chi connectivity index (χ3n) is 3.46. The fourth-order valence-corrected chi connectivity index (χ4v) is 2.48. The van der Waals surface area contributed by atoms with E-state index in [1.54, 1.807) is 0 Å². The summed E-state index contributed by atoms with van der Waals surface area (Å²) in [6.45, 7) is 4.61. The molecule has 1 aliphatic rings. The summed E-state index contributed by atoms with van der Waals surface area (Å²) < 4.78 is 5.35. The molecule has 1 rings (SSSR count). The third-order valence-corrected chi connectivity index (χ3v) is 3.46. The van der Waals surface area contributed by atoms with E-state index in [0.29, 0.717) is 12.0 Å². The zero-order chi connectivity index (χ0) is 11.0. The second-order valence-corrected chi connectivity index (χ2v) is 4.98. The summed E-state index contributed by atoms with van der Waals surface area (Å²) in [6, 6.07) is 0. The highest BCUT2D eigenvalue weighted by atomic mass is 16.5. The normalized spacial score (nSPS) is 18.8. The number of hydrogen-bond donors (Lipinski definition) is 1. The second kappa shape index (κ2) is 7.24. The second-order valence-electron chi connectivity index (χ2n) is 4.98. The fraction of sp³-hybridized carbons (Fsp3) is 1.00. The lowest BCUT2D eigenvalue weighted by Gasteiger charge is -2.41. The summed E-state index contributed by atoms with van der Waals surface area (Å²) in [4.78, 5) is 0. The first kappa shape index (κ1) is 13.0. The minimum absolute atomic E-state index is 0.355. The standard InChI is InChI=1S/C13H26O2/c1-2-8-13(11-15-12-13)9-6-4-3-5-7-10-14/h14H,2-12H2,1H3.